The van der Waals surface area contributed by atoms with Crippen LogP contribution < -0.4 is 0 Å². The Morgan fingerprint density at radius 2 is 1.71 bits per heavy atom. The Balaban J connectivity index is 0.000000255. The van der Waals surface area contributed by atoms with E-state index in [9.17, 15) is 8.42 Å². The number of nitrogens with zero attached hydrogens (tertiary/aromatic N) is 1. The smallest absolute Gasteiger partial charge is 0.326 e. The maximum atomic E-state index is 9.33. The Kier molecular flexibility index (Phi) is 5.58. The fraction of sp³-hybridized carbons (Fsp3) is 1.00. The molecule has 0 aromatic carbocycles. The molecule has 0 amide bonds. The maximum Gasteiger partial charge on any atom is 0.397 e. The molecule has 1 heterocycles. The van der Waals surface area contributed by atoms with Gasteiger partial charge in [-0.05, 0) is 6.92 Å². The van der Waals surface area contributed by atoms with Crippen LogP contribution in [-0.2, 0) is 14.6 Å². The molecule has 1 fully saturated rings. The summed E-state index contributed by atoms with van der Waals surface area (Å²) in [5, 5.41) is 0. The lowest BCUT2D eigenvalue weighted by molar-refractivity contribution is -0.895. The van der Waals surface area contributed by atoms with Gasteiger partial charge in [0.25, 0.3) is 0 Å². The molecule has 1 N–H and O–H groups in total. The summed E-state index contributed by atoms with van der Waals surface area (Å²) in [6, 6.07) is 0. The van der Waals surface area contributed by atoms with Crippen molar-refractivity contribution in [3.63, 3.8) is 0 Å². The number of hydrogen-bond donors (Lipinski definition) is 1. The van der Waals surface area contributed by atoms with Gasteiger partial charge < -0.3 is 4.48 Å². The summed E-state index contributed by atoms with van der Waals surface area (Å²) >= 11 is 0. The van der Waals surface area contributed by atoms with E-state index in [1.807, 2.05) is 0 Å². The zero-order valence-corrected chi connectivity index (χ0v) is 9.88. The molecule has 0 aliphatic carbocycles. The molecule has 0 saturated carbocycles. The van der Waals surface area contributed by atoms with E-state index < -0.39 is 10.4 Å². The highest BCUT2D eigenvalue weighted by atomic mass is 32.3. The maximum absolute atomic E-state index is 9.33. The van der Waals surface area contributed by atoms with E-state index in [2.05, 4.69) is 18.2 Å². The SMILES string of the molecule is CC[N+]1(C)CCCC1.COS(=O)(=O)O. The second-order valence-electron chi connectivity index (χ2n) is 3.68. The first-order valence-corrected chi connectivity index (χ1v) is 6.06. The van der Waals surface area contributed by atoms with E-state index in [1.165, 1.54) is 37.0 Å². The Labute approximate surface area is 86.2 Å². The van der Waals surface area contributed by atoms with Gasteiger partial charge >= 0.3 is 10.4 Å². The van der Waals surface area contributed by atoms with Gasteiger partial charge in [-0.3, -0.25) is 8.74 Å². The first-order valence-electron chi connectivity index (χ1n) is 4.69. The Bertz CT molecular complexity index is 244. The minimum atomic E-state index is -4.16. The van der Waals surface area contributed by atoms with Crippen LogP contribution >= 0.6 is 0 Å². The van der Waals surface area contributed by atoms with Crippen molar-refractivity contribution in [1.29, 1.82) is 0 Å². The van der Waals surface area contributed by atoms with Crippen molar-refractivity contribution in [2.75, 3.05) is 33.8 Å². The van der Waals surface area contributed by atoms with Crippen LogP contribution in [0, 0.1) is 0 Å². The van der Waals surface area contributed by atoms with Gasteiger partial charge in [-0.15, -0.1) is 0 Å². The summed E-state index contributed by atoms with van der Waals surface area (Å²) in [5.74, 6) is 0. The standard InChI is InChI=1S/C7H16N.CH4O4S/c1-3-8(2)6-4-5-7-8;1-5-6(2,3)4/h3-7H2,1-2H3;1H3,(H,2,3,4)/q+1;. The molecule has 1 aliphatic rings. The summed E-state index contributed by atoms with van der Waals surface area (Å²) in [4.78, 5) is 0. The van der Waals surface area contributed by atoms with E-state index in [4.69, 9.17) is 4.55 Å². The summed E-state index contributed by atoms with van der Waals surface area (Å²) in [6.45, 7) is 6.43. The zero-order chi connectivity index (χ0) is 11.2. The van der Waals surface area contributed by atoms with Crippen molar-refractivity contribution in [3.8, 4) is 0 Å². The van der Waals surface area contributed by atoms with Crippen LogP contribution in [0.15, 0.2) is 0 Å². The zero-order valence-electron chi connectivity index (χ0n) is 9.06. The predicted molar refractivity (Wildman–Crippen MR) is 54.3 cm³/mol. The minimum absolute atomic E-state index is 0.870. The van der Waals surface area contributed by atoms with Crippen LogP contribution in [0.3, 0.4) is 0 Å². The number of rotatable bonds is 2. The minimum Gasteiger partial charge on any atom is -0.326 e. The third-order valence-corrected chi connectivity index (χ3v) is 3.04. The second kappa shape index (κ2) is 5.65. The molecule has 0 spiro atoms. The molecule has 0 radical (unpaired) electrons. The van der Waals surface area contributed by atoms with Crippen molar-refractivity contribution >= 4 is 10.4 Å². The third kappa shape index (κ3) is 6.31. The lowest BCUT2D eigenvalue weighted by Gasteiger charge is -2.26. The molecule has 6 heteroatoms. The molecule has 0 bridgehead atoms. The molecule has 0 aromatic heterocycles. The van der Waals surface area contributed by atoms with Crippen molar-refractivity contribution in [3.05, 3.63) is 0 Å². The summed E-state index contributed by atoms with van der Waals surface area (Å²) < 4.78 is 31.0. The fourth-order valence-corrected chi connectivity index (χ4v) is 1.42. The van der Waals surface area contributed by atoms with Gasteiger partial charge in [0, 0.05) is 12.8 Å². The summed E-state index contributed by atoms with van der Waals surface area (Å²) in [7, 11) is -0.937. The number of hydrogen-bond acceptors (Lipinski definition) is 3. The summed E-state index contributed by atoms with van der Waals surface area (Å²) in [5.41, 5.74) is 0. The van der Waals surface area contributed by atoms with Gasteiger partial charge in [-0.2, -0.15) is 8.42 Å². The molecule has 1 saturated heterocycles. The van der Waals surface area contributed by atoms with Crippen molar-refractivity contribution in [2.45, 2.75) is 19.8 Å². The highest BCUT2D eigenvalue weighted by Crippen LogP contribution is 2.14. The lowest BCUT2D eigenvalue weighted by atomic mass is 10.4. The Morgan fingerprint density at radius 3 is 1.86 bits per heavy atom. The molecule has 14 heavy (non-hydrogen) atoms. The largest absolute Gasteiger partial charge is 0.397 e. The molecule has 0 atom stereocenters. The van der Waals surface area contributed by atoms with Crippen LogP contribution in [0.4, 0.5) is 0 Å². The Hall–Kier alpha value is -0.170. The summed E-state index contributed by atoms with van der Waals surface area (Å²) in [6.07, 6.45) is 2.90. The van der Waals surface area contributed by atoms with Crippen LogP contribution in [0.25, 0.3) is 0 Å². The van der Waals surface area contributed by atoms with Gasteiger partial charge in [0.15, 0.2) is 0 Å². The van der Waals surface area contributed by atoms with Crippen LogP contribution in [0.5, 0.6) is 0 Å². The van der Waals surface area contributed by atoms with Gasteiger partial charge in [0.05, 0.1) is 33.8 Å². The molecule has 0 unspecified atom stereocenters. The van der Waals surface area contributed by atoms with Crippen LogP contribution in [0.2, 0.25) is 0 Å². The highest BCUT2D eigenvalue weighted by molar-refractivity contribution is 7.80. The van der Waals surface area contributed by atoms with E-state index in [-0.39, 0.29) is 0 Å². The Morgan fingerprint density at radius 1 is 1.36 bits per heavy atom. The average molecular weight is 226 g/mol. The molecule has 1 rings (SSSR count). The van der Waals surface area contributed by atoms with Gasteiger partial charge in [-0.1, -0.05) is 0 Å². The number of likely N-dealkylation sites (tertiary alicyclic amines) is 1. The van der Waals surface area contributed by atoms with Crippen molar-refractivity contribution in [2.24, 2.45) is 0 Å². The van der Waals surface area contributed by atoms with Crippen molar-refractivity contribution in [1.82, 2.24) is 0 Å². The van der Waals surface area contributed by atoms with Crippen molar-refractivity contribution < 1.29 is 21.6 Å². The van der Waals surface area contributed by atoms with E-state index in [0.29, 0.717) is 0 Å². The van der Waals surface area contributed by atoms with Gasteiger partial charge in [0.2, 0.25) is 0 Å². The predicted octanol–water partition coefficient (Wildman–Crippen LogP) is 0.682. The molecular weight excluding hydrogens is 206 g/mol. The quantitative estimate of drug-likeness (QED) is 0.555. The highest BCUT2D eigenvalue weighted by Gasteiger charge is 2.23. The van der Waals surface area contributed by atoms with E-state index in [1.54, 1.807) is 0 Å². The average Bonchev–Trinajstić information content (AvgIpc) is 2.53. The third-order valence-electron chi connectivity index (χ3n) is 2.62. The molecular formula is C8H20NO4S+. The first-order chi connectivity index (χ1) is 6.33. The van der Waals surface area contributed by atoms with Gasteiger partial charge in [0.1, 0.15) is 0 Å². The monoisotopic (exact) mass is 226 g/mol. The normalized spacial score (nSPS) is 20.0. The van der Waals surface area contributed by atoms with Crippen LogP contribution in [0.1, 0.15) is 19.8 Å². The fourth-order valence-electron chi connectivity index (χ4n) is 1.42. The lowest BCUT2D eigenvalue weighted by Crippen LogP contribution is -2.40. The van der Waals surface area contributed by atoms with Gasteiger partial charge in [-0.25, -0.2) is 0 Å². The van der Waals surface area contributed by atoms with E-state index in [0.717, 1.165) is 7.11 Å². The molecule has 5 nitrogen and oxygen atoms in total. The first kappa shape index (κ1) is 13.8. The topological polar surface area (TPSA) is 63.6 Å². The second-order valence-corrected chi connectivity index (χ2v) is 4.87. The van der Waals surface area contributed by atoms with E-state index >= 15 is 0 Å². The molecule has 1 aliphatic heterocycles. The molecule has 86 valence electrons. The molecule has 0 aromatic rings. The number of quaternary nitrogens is 1. The van der Waals surface area contributed by atoms with Crippen LogP contribution in [-0.4, -0.2) is 51.2 Å².